The summed E-state index contributed by atoms with van der Waals surface area (Å²) >= 11 is 0. The molecule has 3 aromatic rings. The fourth-order valence-electron chi connectivity index (χ4n) is 3.37. The summed E-state index contributed by atoms with van der Waals surface area (Å²) in [5.74, 6) is 1.50. The van der Waals surface area contributed by atoms with Gasteiger partial charge in [0.1, 0.15) is 5.75 Å². The van der Waals surface area contributed by atoms with Crippen molar-refractivity contribution in [1.82, 2.24) is 9.97 Å². The minimum Gasteiger partial charge on any atom is -0.438 e. The Bertz CT molecular complexity index is 873. The van der Waals surface area contributed by atoms with Crippen molar-refractivity contribution in [3.8, 4) is 22.8 Å². The van der Waals surface area contributed by atoms with Crippen LogP contribution in [0.2, 0.25) is 0 Å². The van der Waals surface area contributed by atoms with Crippen molar-refractivity contribution >= 4 is 0 Å². The molecule has 4 rings (SSSR count). The van der Waals surface area contributed by atoms with Gasteiger partial charge in [0.15, 0.2) is 0 Å². The molecule has 0 radical (unpaired) electrons. The van der Waals surface area contributed by atoms with Gasteiger partial charge >= 0.3 is 0 Å². The van der Waals surface area contributed by atoms with Crippen LogP contribution in [0.3, 0.4) is 0 Å². The monoisotopic (exact) mass is 316 g/mol. The predicted octanol–water partition coefficient (Wildman–Crippen LogP) is 4.99. The van der Waals surface area contributed by atoms with Crippen LogP contribution in [0, 0.1) is 0 Å². The molecule has 0 bridgehead atoms. The number of benzene rings is 1. The first-order chi connectivity index (χ1) is 11.8. The summed E-state index contributed by atoms with van der Waals surface area (Å²) in [4.78, 5) is 8.95. The Morgan fingerprint density at radius 2 is 1.71 bits per heavy atom. The molecule has 2 aromatic heterocycles. The molecule has 0 spiro atoms. The van der Waals surface area contributed by atoms with E-state index in [9.17, 15) is 0 Å². The van der Waals surface area contributed by atoms with Crippen LogP contribution in [-0.4, -0.2) is 9.97 Å². The fourth-order valence-corrected chi connectivity index (χ4v) is 3.37. The molecule has 1 aliphatic rings. The van der Waals surface area contributed by atoms with E-state index in [-0.39, 0.29) is 0 Å². The van der Waals surface area contributed by atoms with Crippen LogP contribution >= 0.6 is 0 Å². The highest BCUT2D eigenvalue weighted by Gasteiger charge is 2.15. The van der Waals surface area contributed by atoms with Crippen LogP contribution in [0.25, 0.3) is 11.1 Å². The number of ether oxygens (including phenoxy) is 1. The Kier molecular flexibility index (Phi) is 3.99. The molecule has 24 heavy (non-hydrogen) atoms. The van der Waals surface area contributed by atoms with E-state index in [1.165, 1.54) is 24.0 Å². The third kappa shape index (κ3) is 2.78. The second-order valence-electron chi connectivity index (χ2n) is 6.09. The van der Waals surface area contributed by atoms with Crippen molar-refractivity contribution in [3.63, 3.8) is 0 Å². The summed E-state index contributed by atoms with van der Waals surface area (Å²) < 4.78 is 6.15. The molecular weight excluding hydrogens is 296 g/mol. The SMILES string of the molecule is CCc1ncccc1-c1cccnc1Oc1ccc2c(c1)CCC2. The van der Waals surface area contributed by atoms with E-state index in [2.05, 4.69) is 35.1 Å². The first-order valence-electron chi connectivity index (χ1n) is 8.54. The lowest BCUT2D eigenvalue weighted by atomic mass is 10.0. The number of fused-ring (bicyclic) bond motifs is 1. The van der Waals surface area contributed by atoms with Crippen LogP contribution in [-0.2, 0) is 19.3 Å². The van der Waals surface area contributed by atoms with Gasteiger partial charge in [-0.15, -0.1) is 0 Å². The van der Waals surface area contributed by atoms with E-state index in [1.807, 2.05) is 30.5 Å². The normalized spacial score (nSPS) is 12.9. The second kappa shape index (κ2) is 6.44. The Morgan fingerprint density at radius 1 is 0.917 bits per heavy atom. The third-order valence-electron chi connectivity index (χ3n) is 4.57. The van der Waals surface area contributed by atoms with Crippen LogP contribution in [0.4, 0.5) is 0 Å². The molecule has 0 saturated carbocycles. The van der Waals surface area contributed by atoms with Gasteiger partial charge in [0.25, 0.3) is 0 Å². The van der Waals surface area contributed by atoms with Gasteiger partial charge in [-0.25, -0.2) is 4.98 Å². The van der Waals surface area contributed by atoms with Crippen molar-refractivity contribution in [2.24, 2.45) is 0 Å². The van der Waals surface area contributed by atoms with Crippen LogP contribution < -0.4 is 4.74 Å². The molecule has 0 fully saturated rings. The highest BCUT2D eigenvalue weighted by atomic mass is 16.5. The average Bonchev–Trinajstić information content (AvgIpc) is 3.10. The second-order valence-corrected chi connectivity index (χ2v) is 6.09. The van der Waals surface area contributed by atoms with Gasteiger partial charge in [0, 0.05) is 29.2 Å². The first kappa shape index (κ1) is 14.9. The van der Waals surface area contributed by atoms with Gasteiger partial charge in [-0.05, 0) is 67.1 Å². The Balaban J connectivity index is 1.72. The molecular formula is C21H20N2O. The van der Waals surface area contributed by atoms with Crippen LogP contribution in [0.5, 0.6) is 11.6 Å². The fraction of sp³-hybridized carbons (Fsp3) is 0.238. The molecule has 3 nitrogen and oxygen atoms in total. The molecule has 2 heterocycles. The average molecular weight is 316 g/mol. The third-order valence-corrected chi connectivity index (χ3v) is 4.57. The van der Waals surface area contributed by atoms with Crippen molar-refractivity contribution in [3.05, 3.63) is 71.7 Å². The van der Waals surface area contributed by atoms with Gasteiger partial charge in [-0.2, -0.15) is 0 Å². The number of rotatable bonds is 4. The van der Waals surface area contributed by atoms with Gasteiger partial charge < -0.3 is 4.74 Å². The minimum atomic E-state index is 0.637. The maximum atomic E-state index is 6.15. The number of aryl methyl sites for hydroxylation is 3. The summed E-state index contributed by atoms with van der Waals surface area (Å²) in [6.45, 7) is 2.11. The Hall–Kier alpha value is -2.68. The number of nitrogens with zero attached hydrogens (tertiary/aromatic N) is 2. The molecule has 3 heteroatoms. The first-order valence-corrected chi connectivity index (χ1v) is 8.54. The topological polar surface area (TPSA) is 35.0 Å². The van der Waals surface area contributed by atoms with Crippen molar-refractivity contribution in [2.45, 2.75) is 32.6 Å². The van der Waals surface area contributed by atoms with Crippen molar-refractivity contribution < 1.29 is 4.74 Å². The Labute approximate surface area is 142 Å². The lowest BCUT2D eigenvalue weighted by molar-refractivity contribution is 0.464. The molecule has 0 amide bonds. The van der Waals surface area contributed by atoms with E-state index in [4.69, 9.17) is 4.74 Å². The Morgan fingerprint density at radius 3 is 2.58 bits per heavy atom. The highest BCUT2D eigenvalue weighted by Crippen LogP contribution is 2.34. The van der Waals surface area contributed by atoms with E-state index >= 15 is 0 Å². The lowest BCUT2D eigenvalue weighted by Gasteiger charge is -2.13. The number of aromatic nitrogens is 2. The van der Waals surface area contributed by atoms with Gasteiger partial charge in [-0.1, -0.05) is 19.1 Å². The van der Waals surface area contributed by atoms with E-state index in [1.54, 1.807) is 6.20 Å². The van der Waals surface area contributed by atoms with Gasteiger partial charge in [-0.3, -0.25) is 4.98 Å². The molecule has 1 aromatic carbocycles. The maximum Gasteiger partial charge on any atom is 0.227 e. The standard InChI is InChI=1S/C21H20N2O/c1-2-20-18(8-4-12-22-20)19-9-5-13-23-21(19)24-17-11-10-15-6-3-7-16(15)14-17/h4-5,8-14H,2-3,6-7H2,1H3. The quantitative estimate of drug-likeness (QED) is 0.680. The molecule has 120 valence electrons. The molecule has 0 saturated heterocycles. The summed E-state index contributed by atoms with van der Waals surface area (Å²) in [5, 5.41) is 0. The maximum absolute atomic E-state index is 6.15. The summed E-state index contributed by atoms with van der Waals surface area (Å²) in [6, 6.07) is 14.4. The van der Waals surface area contributed by atoms with Crippen LogP contribution in [0.15, 0.2) is 54.9 Å². The minimum absolute atomic E-state index is 0.637. The van der Waals surface area contributed by atoms with Gasteiger partial charge in [0.2, 0.25) is 5.88 Å². The number of hydrogen-bond donors (Lipinski definition) is 0. The summed E-state index contributed by atoms with van der Waals surface area (Å²) in [5.41, 5.74) is 5.99. The smallest absolute Gasteiger partial charge is 0.227 e. The van der Waals surface area contributed by atoms with E-state index in [0.29, 0.717) is 5.88 Å². The summed E-state index contributed by atoms with van der Waals surface area (Å²) in [7, 11) is 0. The van der Waals surface area contributed by atoms with Crippen molar-refractivity contribution in [1.29, 1.82) is 0 Å². The molecule has 0 unspecified atom stereocenters. The number of hydrogen-bond acceptors (Lipinski definition) is 3. The lowest BCUT2D eigenvalue weighted by Crippen LogP contribution is -1.96. The highest BCUT2D eigenvalue weighted by molar-refractivity contribution is 5.70. The van der Waals surface area contributed by atoms with Crippen LogP contribution in [0.1, 0.15) is 30.2 Å². The van der Waals surface area contributed by atoms with Crippen molar-refractivity contribution in [2.75, 3.05) is 0 Å². The zero-order chi connectivity index (χ0) is 16.4. The van der Waals surface area contributed by atoms with E-state index in [0.717, 1.165) is 35.4 Å². The van der Waals surface area contributed by atoms with Gasteiger partial charge in [0.05, 0.1) is 0 Å². The molecule has 0 aliphatic heterocycles. The number of pyridine rings is 2. The van der Waals surface area contributed by atoms with E-state index < -0.39 is 0 Å². The molecule has 0 N–H and O–H groups in total. The zero-order valence-electron chi connectivity index (χ0n) is 13.8. The summed E-state index contributed by atoms with van der Waals surface area (Å²) in [6.07, 6.45) is 8.05. The molecule has 0 atom stereocenters. The largest absolute Gasteiger partial charge is 0.438 e. The zero-order valence-corrected chi connectivity index (χ0v) is 13.8. The predicted molar refractivity (Wildman–Crippen MR) is 95.4 cm³/mol. The molecule has 1 aliphatic carbocycles.